The molecule has 23 heavy (non-hydrogen) atoms. The highest BCUT2D eigenvalue weighted by Gasteiger charge is 2.04. The first-order valence-electron chi connectivity index (χ1n) is 8.13. The lowest BCUT2D eigenvalue weighted by Gasteiger charge is -2.11. The molecule has 0 amide bonds. The Kier molecular flexibility index (Phi) is 10.3. The van der Waals surface area contributed by atoms with Gasteiger partial charge in [-0.25, -0.2) is 9.38 Å². The third-order valence-electron chi connectivity index (χ3n) is 3.13. The van der Waals surface area contributed by atoms with E-state index in [0.717, 1.165) is 31.0 Å². The van der Waals surface area contributed by atoms with Gasteiger partial charge in [-0.1, -0.05) is 6.07 Å². The molecule has 6 heteroatoms. The Morgan fingerprint density at radius 1 is 1.26 bits per heavy atom. The molecule has 1 aromatic rings. The summed E-state index contributed by atoms with van der Waals surface area (Å²) in [5.74, 6) is 1.90. The minimum absolute atomic E-state index is 0.291. The van der Waals surface area contributed by atoms with Crippen LogP contribution in [0.25, 0.3) is 0 Å². The molecule has 0 fully saturated rings. The number of benzene rings is 1. The highest BCUT2D eigenvalue weighted by molar-refractivity contribution is 7.98. The zero-order chi connectivity index (χ0) is 16.9. The molecule has 2 N–H and O–H groups in total. The molecule has 1 aromatic carbocycles. The van der Waals surface area contributed by atoms with Crippen LogP contribution in [0.2, 0.25) is 0 Å². The maximum Gasteiger partial charge on any atom is 0.191 e. The van der Waals surface area contributed by atoms with E-state index in [-0.39, 0.29) is 5.82 Å². The molecule has 0 bridgehead atoms. The van der Waals surface area contributed by atoms with Crippen LogP contribution in [0.15, 0.2) is 23.2 Å². The molecule has 0 aliphatic rings. The van der Waals surface area contributed by atoms with Crippen molar-refractivity contribution in [2.45, 2.75) is 33.2 Å². The normalized spacial score (nSPS) is 11.4. The van der Waals surface area contributed by atoms with Gasteiger partial charge in [0.05, 0.1) is 13.2 Å². The molecule has 0 aromatic heterocycles. The molecule has 0 atom stereocenters. The second kappa shape index (κ2) is 12.0. The number of thioether (sulfide) groups is 1. The molecular formula is C17H28FN3OS. The van der Waals surface area contributed by atoms with Gasteiger partial charge in [0, 0.05) is 13.1 Å². The van der Waals surface area contributed by atoms with E-state index in [4.69, 9.17) is 4.74 Å². The summed E-state index contributed by atoms with van der Waals surface area (Å²) in [5.41, 5.74) is 0.825. The van der Waals surface area contributed by atoms with E-state index in [1.165, 1.54) is 18.2 Å². The van der Waals surface area contributed by atoms with Crippen molar-refractivity contribution in [2.24, 2.45) is 4.99 Å². The number of guanidine groups is 1. The lowest BCUT2D eigenvalue weighted by Crippen LogP contribution is -2.37. The van der Waals surface area contributed by atoms with Crippen molar-refractivity contribution in [3.63, 3.8) is 0 Å². The summed E-state index contributed by atoms with van der Waals surface area (Å²) >= 11 is 1.86. The van der Waals surface area contributed by atoms with Gasteiger partial charge in [-0.15, -0.1) is 0 Å². The van der Waals surface area contributed by atoms with E-state index in [1.54, 1.807) is 6.07 Å². The van der Waals surface area contributed by atoms with Gasteiger partial charge in [-0.2, -0.15) is 11.8 Å². The Balaban J connectivity index is 2.53. The Labute approximate surface area is 143 Å². The van der Waals surface area contributed by atoms with Crippen molar-refractivity contribution in [1.82, 2.24) is 10.6 Å². The SMILES string of the molecule is CCNC(=NCc1ccc(OCC)c(F)c1)NCCCCSC. The number of nitrogens with one attached hydrogen (secondary N) is 2. The predicted octanol–water partition coefficient (Wildman–Crippen LogP) is 3.42. The van der Waals surface area contributed by atoms with Crippen LogP contribution in [0.4, 0.5) is 4.39 Å². The Hall–Kier alpha value is -1.43. The van der Waals surface area contributed by atoms with E-state index >= 15 is 0 Å². The van der Waals surface area contributed by atoms with Crippen LogP contribution < -0.4 is 15.4 Å². The molecule has 0 saturated carbocycles. The minimum atomic E-state index is -0.338. The summed E-state index contributed by atoms with van der Waals surface area (Å²) in [7, 11) is 0. The maximum absolute atomic E-state index is 13.8. The minimum Gasteiger partial charge on any atom is -0.491 e. The number of ether oxygens (including phenoxy) is 1. The maximum atomic E-state index is 13.8. The van der Waals surface area contributed by atoms with Gasteiger partial charge >= 0.3 is 0 Å². The van der Waals surface area contributed by atoms with E-state index in [1.807, 2.05) is 31.7 Å². The number of halogens is 1. The van der Waals surface area contributed by atoms with Crippen molar-refractivity contribution >= 4 is 17.7 Å². The highest BCUT2D eigenvalue weighted by Crippen LogP contribution is 2.18. The summed E-state index contributed by atoms with van der Waals surface area (Å²) in [5, 5.41) is 6.51. The van der Waals surface area contributed by atoms with Gasteiger partial charge in [0.25, 0.3) is 0 Å². The molecule has 0 heterocycles. The van der Waals surface area contributed by atoms with Crippen LogP contribution in [0, 0.1) is 5.82 Å². The standard InChI is InChI=1S/C17H28FN3OS/c1-4-19-17(20-10-6-7-11-23-3)21-13-14-8-9-16(22-5-2)15(18)12-14/h8-9,12H,4-7,10-11,13H2,1-3H3,(H2,19,20,21). The van der Waals surface area contributed by atoms with E-state index in [9.17, 15) is 4.39 Å². The summed E-state index contributed by atoms with van der Waals surface area (Å²) < 4.78 is 19.0. The molecule has 0 aliphatic heterocycles. The summed E-state index contributed by atoms with van der Waals surface area (Å²) in [6.45, 7) is 6.45. The Bertz CT molecular complexity index is 483. The summed E-state index contributed by atoms with van der Waals surface area (Å²) in [6.07, 6.45) is 4.43. The molecule has 1 rings (SSSR count). The molecule has 0 aliphatic carbocycles. The van der Waals surface area contributed by atoms with E-state index in [2.05, 4.69) is 21.9 Å². The van der Waals surface area contributed by atoms with Crippen molar-refractivity contribution < 1.29 is 9.13 Å². The van der Waals surface area contributed by atoms with Crippen molar-refractivity contribution in [3.8, 4) is 5.75 Å². The third kappa shape index (κ3) is 8.11. The lowest BCUT2D eigenvalue weighted by atomic mass is 10.2. The number of hydrogen-bond acceptors (Lipinski definition) is 3. The van der Waals surface area contributed by atoms with Crippen LogP contribution in [-0.4, -0.2) is 37.7 Å². The van der Waals surface area contributed by atoms with Gasteiger partial charge in [0.2, 0.25) is 0 Å². The Morgan fingerprint density at radius 3 is 2.74 bits per heavy atom. The van der Waals surface area contributed by atoms with E-state index in [0.29, 0.717) is 18.9 Å². The topological polar surface area (TPSA) is 45.7 Å². The van der Waals surface area contributed by atoms with Crippen molar-refractivity contribution in [1.29, 1.82) is 0 Å². The summed E-state index contributed by atoms with van der Waals surface area (Å²) in [4.78, 5) is 4.50. The zero-order valence-corrected chi connectivity index (χ0v) is 15.1. The summed E-state index contributed by atoms with van der Waals surface area (Å²) in [6, 6.07) is 4.99. The van der Waals surface area contributed by atoms with Crippen LogP contribution in [0.1, 0.15) is 32.3 Å². The number of nitrogens with zero attached hydrogens (tertiary/aromatic N) is 1. The molecule has 0 spiro atoms. The van der Waals surface area contributed by atoms with Gasteiger partial charge < -0.3 is 15.4 Å². The van der Waals surface area contributed by atoms with Gasteiger partial charge in [-0.3, -0.25) is 0 Å². The van der Waals surface area contributed by atoms with Crippen LogP contribution in [0.5, 0.6) is 5.75 Å². The molecule has 0 saturated heterocycles. The largest absolute Gasteiger partial charge is 0.491 e. The van der Waals surface area contributed by atoms with Crippen LogP contribution >= 0.6 is 11.8 Å². The fraction of sp³-hybridized carbons (Fsp3) is 0.588. The first-order chi connectivity index (χ1) is 11.2. The second-order valence-corrected chi connectivity index (χ2v) is 6.01. The molecule has 0 radical (unpaired) electrons. The second-order valence-electron chi connectivity index (χ2n) is 5.02. The highest BCUT2D eigenvalue weighted by atomic mass is 32.2. The van der Waals surface area contributed by atoms with Crippen molar-refractivity contribution in [3.05, 3.63) is 29.6 Å². The zero-order valence-electron chi connectivity index (χ0n) is 14.3. The molecular weight excluding hydrogens is 313 g/mol. The fourth-order valence-corrected chi connectivity index (χ4v) is 2.50. The average molecular weight is 341 g/mol. The number of rotatable bonds is 10. The lowest BCUT2D eigenvalue weighted by molar-refractivity contribution is 0.321. The van der Waals surface area contributed by atoms with Gasteiger partial charge in [0.15, 0.2) is 17.5 Å². The van der Waals surface area contributed by atoms with Gasteiger partial charge in [0.1, 0.15) is 0 Å². The number of hydrogen-bond donors (Lipinski definition) is 2. The monoisotopic (exact) mass is 341 g/mol. The molecule has 4 nitrogen and oxygen atoms in total. The smallest absolute Gasteiger partial charge is 0.191 e. The molecule has 0 unspecified atom stereocenters. The van der Waals surface area contributed by atoms with Crippen molar-refractivity contribution in [2.75, 3.05) is 31.7 Å². The quantitative estimate of drug-likeness (QED) is 0.389. The third-order valence-corrected chi connectivity index (χ3v) is 3.82. The first-order valence-corrected chi connectivity index (χ1v) is 9.53. The number of unbranched alkanes of at least 4 members (excludes halogenated alkanes) is 1. The van der Waals surface area contributed by atoms with E-state index < -0.39 is 0 Å². The Morgan fingerprint density at radius 2 is 2.09 bits per heavy atom. The van der Waals surface area contributed by atoms with Crippen LogP contribution in [-0.2, 0) is 6.54 Å². The van der Waals surface area contributed by atoms with Crippen LogP contribution in [0.3, 0.4) is 0 Å². The molecule has 130 valence electrons. The fourth-order valence-electron chi connectivity index (χ4n) is 2.01. The van der Waals surface area contributed by atoms with Gasteiger partial charge in [-0.05, 0) is 56.4 Å². The predicted molar refractivity (Wildman–Crippen MR) is 98.0 cm³/mol. The number of aliphatic imine (C=N–C) groups is 1. The average Bonchev–Trinajstić information content (AvgIpc) is 2.54. The first kappa shape index (κ1) is 19.6.